The van der Waals surface area contributed by atoms with E-state index in [0.717, 1.165) is 28.5 Å². The van der Waals surface area contributed by atoms with Crippen LogP contribution in [0.4, 0.5) is 0 Å². The van der Waals surface area contributed by atoms with Crippen molar-refractivity contribution in [1.29, 1.82) is 0 Å². The van der Waals surface area contributed by atoms with Crippen LogP contribution < -0.4 is 9.92 Å². The molecule has 0 saturated carbocycles. The van der Waals surface area contributed by atoms with E-state index < -0.39 is 39.5 Å². The van der Waals surface area contributed by atoms with Crippen molar-refractivity contribution in [3.05, 3.63) is 89.5 Å². The molecule has 0 fully saturated rings. The van der Waals surface area contributed by atoms with Gasteiger partial charge in [-0.15, -0.1) is 0 Å². The molecule has 3 aromatic rings. The highest BCUT2D eigenvalue weighted by atomic mass is 32.2. The molecule has 0 spiro atoms. The van der Waals surface area contributed by atoms with Crippen molar-refractivity contribution in [3.8, 4) is 16.9 Å². The summed E-state index contributed by atoms with van der Waals surface area (Å²) in [7, 11) is -3.72. The number of ether oxygens (including phenoxy) is 2. The van der Waals surface area contributed by atoms with Crippen molar-refractivity contribution >= 4 is 22.1 Å². The molecule has 0 aliphatic heterocycles. The van der Waals surface area contributed by atoms with Gasteiger partial charge in [0.05, 0.1) is 18.6 Å². The predicted molar refractivity (Wildman–Crippen MR) is 152 cm³/mol. The zero-order chi connectivity index (χ0) is 29.1. The van der Waals surface area contributed by atoms with Crippen molar-refractivity contribution in [2.24, 2.45) is 11.7 Å². The maximum absolute atomic E-state index is 13.7. The number of nitrogens with two attached hydrogens (primary N) is 1. The van der Waals surface area contributed by atoms with E-state index in [1.807, 2.05) is 36.4 Å². The Morgan fingerprint density at radius 2 is 1.45 bits per heavy atom. The molecule has 0 heterocycles. The normalized spacial score (nSPS) is 14.5. The fourth-order valence-corrected chi connectivity index (χ4v) is 5.60. The molecule has 3 aromatic carbocycles. The largest absolute Gasteiger partial charge is 0.464 e. The van der Waals surface area contributed by atoms with Crippen molar-refractivity contribution in [2.75, 3.05) is 19.4 Å². The summed E-state index contributed by atoms with van der Waals surface area (Å²) in [4.78, 5) is 26.5. The number of carbonyl (C=O) groups is 2. The van der Waals surface area contributed by atoms with Gasteiger partial charge in [0.25, 0.3) is 0 Å². The summed E-state index contributed by atoms with van der Waals surface area (Å²) in [6.45, 7) is 5.45. The van der Waals surface area contributed by atoms with Gasteiger partial charge in [-0.2, -0.15) is 8.42 Å². The molecule has 9 heteroatoms. The number of esters is 2. The van der Waals surface area contributed by atoms with Crippen LogP contribution in [-0.2, 0) is 29.2 Å². The number of fused-ring (bicyclic) bond motifs is 3. The van der Waals surface area contributed by atoms with Gasteiger partial charge in [0.2, 0.25) is 0 Å². The van der Waals surface area contributed by atoms with Crippen LogP contribution in [0.15, 0.2) is 72.8 Å². The van der Waals surface area contributed by atoms with Crippen LogP contribution in [0.2, 0.25) is 0 Å². The number of carbonyl (C=O) groups excluding carboxylic acids is 2. The van der Waals surface area contributed by atoms with Gasteiger partial charge in [0.1, 0.15) is 18.0 Å². The monoisotopic (exact) mass is 565 g/mol. The smallest absolute Gasteiger partial charge is 0.313 e. The molecule has 4 rings (SSSR count). The van der Waals surface area contributed by atoms with Crippen molar-refractivity contribution < 1.29 is 31.7 Å². The Morgan fingerprint density at radius 3 is 1.95 bits per heavy atom. The minimum atomic E-state index is -3.72. The Morgan fingerprint density at radius 1 is 0.900 bits per heavy atom. The van der Waals surface area contributed by atoms with Crippen LogP contribution in [0.1, 0.15) is 55.7 Å². The van der Waals surface area contributed by atoms with Gasteiger partial charge >= 0.3 is 22.1 Å². The van der Waals surface area contributed by atoms with E-state index >= 15 is 0 Å². The Bertz CT molecular complexity index is 1430. The molecule has 0 bridgehead atoms. The average Bonchev–Trinajstić information content (AvgIpc) is 3.19. The van der Waals surface area contributed by atoms with E-state index in [9.17, 15) is 18.0 Å². The highest BCUT2D eigenvalue weighted by molar-refractivity contribution is 7.86. The average molecular weight is 566 g/mol. The molecule has 8 nitrogen and oxygen atoms in total. The zero-order valence-corrected chi connectivity index (χ0v) is 23.9. The van der Waals surface area contributed by atoms with Crippen molar-refractivity contribution in [3.63, 3.8) is 0 Å². The second-order valence-corrected chi connectivity index (χ2v) is 12.6. The summed E-state index contributed by atoms with van der Waals surface area (Å²) in [6, 6.07) is 22.2. The second kappa shape index (κ2) is 11.8. The lowest BCUT2D eigenvalue weighted by molar-refractivity contribution is -0.157. The van der Waals surface area contributed by atoms with E-state index in [1.165, 1.54) is 12.1 Å². The number of rotatable bonds is 10. The Kier molecular flexibility index (Phi) is 8.65. The maximum atomic E-state index is 13.7. The predicted octanol–water partition coefficient (Wildman–Crippen LogP) is 4.77. The van der Waals surface area contributed by atoms with Crippen molar-refractivity contribution in [2.45, 2.75) is 44.6 Å². The van der Waals surface area contributed by atoms with E-state index in [4.69, 9.17) is 19.4 Å². The second-order valence-electron chi connectivity index (χ2n) is 11.0. The molecule has 0 saturated heterocycles. The minimum absolute atomic E-state index is 0.0235. The molecule has 1 aliphatic rings. The Labute approximate surface area is 235 Å². The lowest BCUT2D eigenvalue weighted by Crippen LogP contribution is -2.34. The van der Waals surface area contributed by atoms with Gasteiger partial charge in [0.15, 0.2) is 0 Å². The van der Waals surface area contributed by atoms with Gasteiger partial charge in [-0.3, -0.25) is 9.59 Å². The zero-order valence-electron chi connectivity index (χ0n) is 23.1. The van der Waals surface area contributed by atoms with Crippen LogP contribution >= 0.6 is 0 Å². The van der Waals surface area contributed by atoms with Gasteiger partial charge in [-0.1, -0.05) is 60.7 Å². The lowest BCUT2D eigenvalue weighted by atomic mass is 9.83. The lowest BCUT2D eigenvalue weighted by Gasteiger charge is -2.27. The maximum Gasteiger partial charge on any atom is 0.313 e. The Balaban J connectivity index is 1.61. The summed E-state index contributed by atoms with van der Waals surface area (Å²) in [5, 5.41) is 0. The van der Waals surface area contributed by atoms with E-state index in [-0.39, 0.29) is 31.2 Å². The molecule has 2 atom stereocenters. The molecule has 40 heavy (non-hydrogen) atoms. The molecular weight excluding hydrogens is 530 g/mol. The van der Waals surface area contributed by atoms with Gasteiger partial charge in [0, 0.05) is 5.92 Å². The SMILES string of the molecule is CC(C)(C)OC(=O)CC(CN)C(C(=O)OCC1c2ccccc2-c2ccccc21)c1ccc(OS(C)(=O)=O)cc1. The summed E-state index contributed by atoms with van der Waals surface area (Å²) >= 11 is 0. The highest BCUT2D eigenvalue weighted by Crippen LogP contribution is 2.44. The van der Waals surface area contributed by atoms with Crippen LogP contribution in [0.5, 0.6) is 5.75 Å². The Hall–Kier alpha value is -3.69. The first-order chi connectivity index (χ1) is 18.9. The molecule has 2 N–H and O–H groups in total. The first kappa shape index (κ1) is 29.3. The molecule has 0 radical (unpaired) electrons. The fraction of sp³-hybridized carbons (Fsp3) is 0.355. The van der Waals surface area contributed by atoms with Crippen LogP contribution in [0, 0.1) is 5.92 Å². The molecule has 0 amide bonds. The van der Waals surface area contributed by atoms with Crippen LogP contribution in [0.25, 0.3) is 11.1 Å². The summed E-state index contributed by atoms with van der Waals surface area (Å²) in [6.07, 6.45) is 0.857. The van der Waals surface area contributed by atoms with Crippen molar-refractivity contribution in [1.82, 2.24) is 0 Å². The van der Waals surface area contributed by atoms with Gasteiger partial charge < -0.3 is 19.4 Å². The molecule has 212 valence electrons. The standard InChI is InChI=1S/C31H35NO7S/c1-31(2,3)38-28(33)17-21(18-32)29(20-13-15-22(16-14-20)39-40(4,35)36)30(34)37-19-27-25-11-7-5-9-23(25)24-10-6-8-12-26(24)27/h5-16,21,27,29H,17-19,32H2,1-4H3. The van der Waals surface area contributed by atoms with E-state index in [2.05, 4.69) is 12.1 Å². The third-order valence-corrected chi connectivity index (χ3v) is 7.21. The first-order valence-corrected chi connectivity index (χ1v) is 14.9. The quantitative estimate of drug-likeness (QED) is 0.276. The topological polar surface area (TPSA) is 122 Å². The van der Waals surface area contributed by atoms with E-state index in [0.29, 0.717) is 5.56 Å². The third kappa shape index (κ3) is 7.08. The summed E-state index contributed by atoms with van der Waals surface area (Å²) < 4.78 is 39.5. The molecule has 0 aromatic heterocycles. The summed E-state index contributed by atoms with van der Waals surface area (Å²) in [5.41, 5.74) is 10.3. The molecular formula is C31H35NO7S. The molecule has 1 aliphatic carbocycles. The first-order valence-electron chi connectivity index (χ1n) is 13.1. The summed E-state index contributed by atoms with van der Waals surface area (Å²) in [5.74, 6) is -2.54. The highest BCUT2D eigenvalue weighted by Gasteiger charge is 2.35. The number of hydrogen-bond acceptors (Lipinski definition) is 8. The van der Waals surface area contributed by atoms with Crippen LogP contribution in [0.3, 0.4) is 0 Å². The fourth-order valence-electron chi connectivity index (χ4n) is 5.14. The van der Waals surface area contributed by atoms with E-state index in [1.54, 1.807) is 32.9 Å². The molecule has 2 unspecified atom stereocenters. The van der Waals surface area contributed by atoms with Gasteiger partial charge in [-0.25, -0.2) is 0 Å². The number of hydrogen-bond donors (Lipinski definition) is 1. The number of benzene rings is 3. The third-order valence-electron chi connectivity index (χ3n) is 6.72. The minimum Gasteiger partial charge on any atom is -0.464 e. The van der Waals surface area contributed by atoms with Crippen LogP contribution in [-0.4, -0.2) is 45.4 Å². The van der Waals surface area contributed by atoms with Gasteiger partial charge in [-0.05, 0) is 73.2 Å².